The van der Waals surface area contributed by atoms with Gasteiger partial charge in [-0.05, 0) is 78.8 Å². The summed E-state index contributed by atoms with van der Waals surface area (Å²) in [6.45, 7) is 0.426. The average Bonchev–Trinajstić information content (AvgIpc) is 3.04. The smallest absolute Gasteiger partial charge is 0.367 e. The number of rotatable bonds is 3. The van der Waals surface area contributed by atoms with Gasteiger partial charge in [-0.15, -0.1) is 0 Å². The Kier molecular flexibility index (Phi) is 6.57. The molecule has 2 unspecified atom stereocenters. The fraction of sp³-hybridized carbons (Fsp3) is 0.229. The van der Waals surface area contributed by atoms with E-state index in [1.54, 1.807) is 60.7 Å². The van der Waals surface area contributed by atoms with Crippen LogP contribution in [0.2, 0.25) is 0 Å². The highest BCUT2D eigenvalue weighted by atomic mass is 19.4. The molecule has 2 fully saturated rings. The van der Waals surface area contributed by atoms with Gasteiger partial charge in [0, 0.05) is 12.2 Å². The summed E-state index contributed by atoms with van der Waals surface area (Å²) in [4.78, 5) is 47.9. The molecular weight excluding hydrogens is 567 g/mol. The Morgan fingerprint density at radius 3 is 1.80 bits per heavy atom. The van der Waals surface area contributed by atoms with Crippen LogP contribution < -0.4 is 14.7 Å². The predicted molar refractivity (Wildman–Crippen MR) is 160 cm³/mol. The predicted octanol–water partition coefficient (Wildman–Crippen LogP) is 7.20. The molecule has 4 amide bonds. The van der Waals surface area contributed by atoms with Crippen LogP contribution in [0.15, 0.2) is 109 Å². The molecule has 2 atom stereocenters. The molecule has 4 aromatic rings. The van der Waals surface area contributed by atoms with Gasteiger partial charge in [0.25, 0.3) is 11.8 Å². The third-order valence-corrected chi connectivity index (χ3v) is 9.21. The van der Waals surface area contributed by atoms with Crippen molar-refractivity contribution in [1.82, 2.24) is 0 Å². The molecule has 0 aromatic heterocycles. The number of imide groups is 2. The second-order valence-corrected chi connectivity index (χ2v) is 11.6. The van der Waals surface area contributed by atoms with Crippen LogP contribution in [0.1, 0.15) is 35.4 Å². The molecule has 0 bridgehead atoms. The quantitative estimate of drug-likeness (QED) is 0.235. The lowest BCUT2D eigenvalue weighted by atomic mass is 9.63. The molecule has 3 heterocycles. The summed E-state index contributed by atoms with van der Waals surface area (Å²) >= 11 is 0. The third kappa shape index (κ3) is 4.29. The van der Waals surface area contributed by atoms with Crippen molar-refractivity contribution in [3.63, 3.8) is 0 Å². The number of hydrogen-bond acceptors (Lipinski definition) is 4. The largest absolute Gasteiger partial charge is 0.416 e. The Bertz CT molecular complexity index is 1680. The van der Waals surface area contributed by atoms with Gasteiger partial charge in [-0.2, -0.15) is 13.2 Å². The SMILES string of the molecule is O=C1N(c2ccccc2)C(=O)C2(Cc3cc(C(F)(F)F)ccc3N3CCC(c4ccccc4)CC32)C(=O)N1c1ccccc1. The normalized spacial score (nSPS) is 21.3. The molecule has 0 radical (unpaired) electrons. The minimum Gasteiger partial charge on any atom is -0.367 e. The molecule has 3 aliphatic rings. The van der Waals surface area contributed by atoms with E-state index in [2.05, 4.69) is 0 Å². The van der Waals surface area contributed by atoms with Gasteiger partial charge < -0.3 is 4.90 Å². The van der Waals surface area contributed by atoms with Crippen LogP contribution in [0, 0.1) is 5.41 Å². The summed E-state index contributed by atoms with van der Waals surface area (Å²) in [5.41, 5.74) is -0.256. The van der Waals surface area contributed by atoms with Crippen molar-refractivity contribution < 1.29 is 27.6 Å². The van der Waals surface area contributed by atoms with Gasteiger partial charge >= 0.3 is 12.2 Å². The van der Waals surface area contributed by atoms with Crippen molar-refractivity contribution in [2.45, 2.75) is 37.4 Å². The zero-order chi connectivity index (χ0) is 30.6. The number of anilines is 3. The zero-order valence-electron chi connectivity index (χ0n) is 23.6. The maximum Gasteiger partial charge on any atom is 0.416 e. The standard InChI is InChI=1S/C35H28F3N3O3/c36-35(37,38)26-16-17-29-25(20-26)22-34(30-21-24(18-19-39(29)30)23-10-4-1-5-11-23)31(42)40(27-12-6-2-7-13-27)33(44)41(32(34)43)28-14-8-3-9-15-28/h1-17,20,24,30H,18-19,21-22H2. The van der Waals surface area contributed by atoms with Crippen molar-refractivity contribution in [3.8, 4) is 0 Å². The van der Waals surface area contributed by atoms with Gasteiger partial charge in [0.05, 0.1) is 23.0 Å². The van der Waals surface area contributed by atoms with Crippen LogP contribution in [-0.2, 0) is 22.2 Å². The van der Waals surface area contributed by atoms with Crippen LogP contribution in [0.4, 0.5) is 35.0 Å². The Morgan fingerprint density at radius 2 is 1.25 bits per heavy atom. The number of nitrogens with zero attached hydrogens (tertiary/aromatic N) is 3. The van der Waals surface area contributed by atoms with Gasteiger partial charge in [-0.1, -0.05) is 66.7 Å². The van der Waals surface area contributed by atoms with Crippen molar-refractivity contribution in [2.24, 2.45) is 5.41 Å². The Morgan fingerprint density at radius 1 is 0.705 bits per heavy atom. The third-order valence-electron chi connectivity index (χ3n) is 9.21. The maximum atomic E-state index is 14.9. The van der Waals surface area contributed by atoms with E-state index in [0.717, 1.165) is 27.5 Å². The first-order chi connectivity index (χ1) is 21.2. The Balaban J connectivity index is 1.46. The molecule has 6 nitrogen and oxygen atoms in total. The van der Waals surface area contributed by atoms with E-state index in [1.165, 1.54) is 6.07 Å². The van der Waals surface area contributed by atoms with Gasteiger partial charge in [0.2, 0.25) is 0 Å². The van der Waals surface area contributed by atoms with E-state index >= 15 is 0 Å². The van der Waals surface area contributed by atoms with E-state index in [0.29, 0.717) is 25.1 Å². The minimum atomic E-state index is -4.61. The van der Waals surface area contributed by atoms with Gasteiger partial charge in [0.15, 0.2) is 5.41 Å². The molecular formula is C35H28F3N3O3. The van der Waals surface area contributed by atoms with Crippen molar-refractivity contribution in [1.29, 1.82) is 0 Å². The minimum absolute atomic E-state index is 0.00102. The van der Waals surface area contributed by atoms with Crippen LogP contribution in [0.3, 0.4) is 0 Å². The molecule has 7 rings (SSSR count). The van der Waals surface area contributed by atoms with Crippen LogP contribution >= 0.6 is 0 Å². The maximum absolute atomic E-state index is 14.9. The second-order valence-electron chi connectivity index (χ2n) is 11.6. The molecule has 222 valence electrons. The van der Waals surface area contributed by atoms with Crippen molar-refractivity contribution in [2.75, 3.05) is 21.2 Å². The van der Waals surface area contributed by atoms with E-state index < -0.39 is 41.0 Å². The molecule has 3 aliphatic heterocycles. The summed E-state index contributed by atoms with van der Waals surface area (Å²) in [6.07, 6.45) is -3.79. The number of alkyl halides is 3. The monoisotopic (exact) mass is 595 g/mol. The Hall–Kier alpha value is -4.92. The number of urea groups is 1. The molecule has 2 saturated heterocycles. The first-order valence-corrected chi connectivity index (χ1v) is 14.5. The summed E-state index contributed by atoms with van der Waals surface area (Å²) in [5, 5.41) is 0. The number of benzene rings is 4. The lowest BCUT2D eigenvalue weighted by Crippen LogP contribution is -2.74. The van der Waals surface area contributed by atoms with Crippen LogP contribution in [-0.4, -0.2) is 30.4 Å². The van der Waals surface area contributed by atoms with Crippen molar-refractivity contribution >= 4 is 34.9 Å². The second kappa shape index (κ2) is 10.4. The number of hydrogen-bond donors (Lipinski definition) is 0. The highest BCUT2D eigenvalue weighted by Gasteiger charge is 2.65. The van der Waals surface area contributed by atoms with Gasteiger partial charge in [-0.25, -0.2) is 14.6 Å². The molecule has 0 N–H and O–H groups in total. The van der Waals surface area contributed by atoms with Gasteiger partial charge in [-0.3, -0.25) is 9.59 Å². The first kappa shape index (κ1) is 27.9. The first-order valence-electron chi connectivity index (χ1n) is 14.5. The van der Waals surface area contributed by atoms with E-state index in [1.807, 2.05) is 35.2 Å². The fourth-order valence-corrected chi connectivity index (χ4v) is 7.16. The average molecular weight is 596 g/mol. The zero-order valence-corrected chi connectivity index (χ0v) is 23.6. The molecule has 0 saturated carbocycles. The molecule has 4 aromatic carbocycles. The number of para-hydroxylation sites is 2. The molecule has 1 spiro atoms. The number of halogens is 3. The summed E-state index contributed by atoms with van der Waals surface area (Å²) in [7, 11) is 0. The summed E-state index contributed by atoms with van der Waals surface area (Å²) < 4.78 is 41.8. The van der Waals surface area contributed by atoms with Gasteiger partial charge in [0.1, 0.15) is 0 Å². The van der Waals surface area contributed by atoms with Crippen LogP contribution in [0.25, 0.3) is 0 Å². The number of fused-ring (bicyclic) bond motifs is 4. The topological polar surface area (TPSA) is 60.9 Å². The molecule has 9 heteroatoms. The lowest BCUT2D eigenvalue weighted by Gasteiger charge is -2.56. The van der Waals surface area contributed by atoms with E-state index in [4.69, 9.17) is 0 Å². The number of barbiturate groups is 1. The summed E-state index contributed by atoms with van der Waals surface area (Å²) in [6, 6.07) is 28.6. The summed E-state index contributed by atoms with van der Waals surface area (Å²) in [5.74, 6) is -1.45. The highest BCUT2D eigenvalue weighted by Crippen LogP contribution is 2.53. The molecule has 0 aliphatic carbocycles. The number of piperidine rings is 1. The lowest BCUT2D eigenvalue weighted by molar-refractivity contribution is -0.143. The van der Waals surface area contributed by atoms with E-state index in [9.17, 15) is 27.6 Å². The number of amides is 4. The molecule has 44 heavy (non-hydrogen) atoms. The van der Waals surface area contributed by atoms with E-state index in [-0.39, 0.29) is 29.3 Å². The highest BCUT2D eigenvalue weighted by molar-refractivity contribution is 6.39. The fourth-order valence-electron chi connectivity index (χ4n) is 7.16. The number of carbonyl (C=O) groups is 3. The van der Waals surface area contributed by atoms with Crippen LogP contribution in [0.5, 0.6) is 0 Å². The number of carbonyl (C=O) groups excluding carboxylic acids is 3. The Labute approximate surface area is 252 Å². The van der Waals surface area contributed by atoms with Crippen molar-refractivity contribution in [3.05, 3.63) is 126 Å².